The van der Waals surface area contributed by atoms with E-state index in [9.17, 15) is 43.7 Å². The molecule has 3 aromatic rings. The molecular formula is C29H47N14O17P3. The number of ether oxygens (including phenoxy) is 2. The fourth-order valence-electron chi connectivity index (χ4n) is 6.03. The molecule has 5 rings (SSSR count). The Morgan fingerprint density at radius 1 is 0.968 bits per heavy atom. The van der Waals surface area contributed by atoms with Crippen molar-refractivity contribution < 1.29 is 70.5 Å². The van der Waals surface area contributed by atoms with E-state index in [1.165, 1.54) is 11.6 Å². The Morgan fingerprint density at radius 2 is 1.62 bits per heavy atom. The number of phosphoric acid groups is 1. The Balaban J connectivity index is 1.15. The van der Waals surface area contributed by atoms with Crippen molar-refractivity contribution in [2.24, 2.45) is 5.11 Å². The van der Waals surface area contributed by atoms with Crippen LogP contribution in [0.3, 0.4) is 0 Å². The summed E-state index contributed by atoms with van der Waals surface area (Å²) in [6.07, 6.45) is -8.80. The molecule has 0 radical (unpaired) electrons. The number of hydrogen-bond acceptors (Lipinski definition) is 27. The molecule has 2 aliphatic rings. The number of imidazole rings is 1. The highest BCUT2D eigenvalue weighted by molar-refractivity contribution is 7.67. The molecule has 14 N–H and O–H groups in total. The fraction of sp³-hybridized carbons (Fsp3) is 0.552. The number of phosphoric ester groups is 1. The van der Waals surface area contributed by atoms with E-state index < -0.39 is 102 Å². The van der Waals surface area contributed by atoms with Crippen LogP contribution in [-0.2, 0) is 50.1 Å². The molecule has 0 aliphatic carbocycles. The highest BCUT2D eigenvalue weighted by Crippen LogP contribution is 2.68. The molecule has 0 saturated carbocycles. The molecule has 0 bridgehead atoms. The minimum atomic E-state index is -4.91. The lowest BCUT2D eigenvalue weighted by Gasteiger charge is -2.29. The van der Waals surface area contributed by atoms with E-state index in [1.807, 2.05) is 0 Å². The third-order valence-corrected chi connectivity index (χ3v) is 14.6. The monoisotopic (exact) mass is 956 g/mol. The van der Waals surface area contributed by atoms with Crippen molar-refractivity contribution in [1.82, 2.24) is 39.9 Å². The molecule has 7 unspecified atom stereocenters. The lowest BCUT2D eigenvalue weighted by Crippen LogP contribution is -2.42. The second-order valence-corrected chi connectivity index (χ2v) is 18.9. The second-order valence-electron chi connectivity index (χ2n) is 13.0. The van der Waals surface area contributed by atoms with Gasteiger partial charge in [-0.05, 0) is 0 Å². The quantitative estimate of drug-likeness (QED) is 0.0293. The SMILES string of the molecule is C=CN(c1nc(N)[nH]c(=O)c1NC)[C@@H]1O[C@H](COP(=O)(OC)OP(=O)(OC)/C(=C/NCCNP(=O)(OC)OC[C@H]2O[C@@H](n3cnc4c(=O)[nH]c(N)nc43)C(O)C2O)N=N)C(O)C1O. The zero-order chi connectivity index (χ0) is 46.4. The maximum atomic E-state index is 13.7. The molecule has 63 heavy (non-hydrogen) atoms. The van der Waals surface area contributed by atoms with Crippen LogP contribution in [0, 0.1) is 5.53 Å². The van der Waals surface area contributed by atoms with E-state index in [0.717, 1.165) is 45.0 Å². The number of anilines is 4. The van der Waals surface area contributed by atoms with Gasteiger partial charge < -0.3 is 65.9 Å². The van der Waals surface area contributed by atoms with Gasteiger partial charge in [0.25, 0.3) is 11.1 Å². The summed E-state index contributed by atoms with van der Waals surface area (Å²) in [6, 6.07) is 0. The molecule has 2 fully saturated rings. The van der Waals surface area contributed by atoms with Crippen LogP contribution in [0.5, 0.6) is 0 Å². The maximum absolute atomic E-state index is 13.7. The number of aromatic nitrogens is 6. The lowest BCUT2D eigenvalue weighted by molar-refractivity contribution is -0.0490. The van der Waals surface area contributed by atoms with Gasteiger partial charge in [0.2, 0.25) is 11.9 Å². The number of rotatable bonds is 23. The Morgan fingerprint density at radius 3 is 2.25 bits per heavy atom. The van der Waals surface area contributed by atoms with Crippen LogP contribution in [0.25, 0.3) is 11.2 Å². The summed E-state index contributed by atoms with van der Waals surface area (Å²) in [5.41, 5.74) is 16.6. The Kier molecular flexibility index (Phi) is 16.1. The Labute approximate surface area is 355 Å². The predicted octanol–water partition coefficient (Wildman–Crippen LogP) is -1.47. The second kappa shape index (κ2) is 20.5. The van der Waals surface area contributed by atoms with Crippen LogP contribution in [0.15, 0.2) is 45.4 Å². The molecule has 2 aliphatic heterocycles. The number of H-pyrrole nitrogens is 2. The van der Waals surface area contributed by atoms with Crippen LogP contribution in [0.4, 0.5) is 23.4 Å². The van der Waals surface area contributed by atoms with E-state index in [0.29, 0.717) is 0 Å². The largest absolute Gasteiger partial charge is 0.482 e. The molecule has 5 heterocycles. The third kappa shape index (κ3) is 10.7. The average Bonchev–Trinajstić information content (AvgIpc) is 3.89. The molecular weight excluding hydrogens is 909 g/mol. The molecule has 2 saturated heterocycles. The van der Waals surface area contributed by atoms with Crippen LogP contribution in [0.2, 0.25) is 0 Å². The van der Waals surface area contributed by atoms with Crippen molar-refractivity contribution in [1.29, 1.82) is 5.53 Å². The van der Waals surface area contributed by atoms with Gasteiger partial charge in [0.1, 0.15) is 42.3 Å². The van der Waals surface area contributed by atoms with E-state index in [4.69, 9.17) is 53.4 Å². The average molecular weight is 957 g/mol. The first kappa shape index (κ1) is 49.5. The molecule has 3 aromatic heterocycles. The predicted molar refractivity (Wildman–Crippen MR) is 217 cm³/mol. The first-order valence-corrected chi connectivity index (χ1v) is 22.6. The lowest BCUT2D eigenvalue weighted by atomic mass is 10.1. The summed E-state index contributed by atoms with van der Waals surface area (Å²) in [4.78, 5) is 42.3. The minimum absolute atomic E-state index is 0.0302. The number of nitrogens with two attached hydrogens (primary N) is 2. The zero-order valence-electron chi connectivity index (χ0n) is 33.7. The summed E-state index contributed by atoms with van der Waals surface area (Å²) >= 11 is 0. The topological polar surface area (TPSA) is 443 Å². The minimum Gasteiger partial charge on any atom is -0.388 e. The van der Waals surface area contributed by atoms with Crippen LogP contribution in [-0.4, -0.2) is 147 Å². The summed E-state index contributed by atoms with van der Waals surface area (Å²) < 4.78 is 83.9. The number of fused-ring (bicyclic) bond motifs is 1. The normalized spacial score (nSPS) is 26.8. The summed E-state index contributed by atoms with van der Waals surface area (Å²) in [7, 11) is -9.60. The van der Waals surface area contributed by atoms with Gasteiger partial charge in [0.05, 0.1) is 19.5 Å². The van der Waals surface area contributed by atoms with E-state index in [1.54, 1.807) is 0 Å². The molecule has 0 spiro atoms. The highest BCUT2D eigenvalue weighted by Gasteiger charge is 2.49. The Hall–Kier alpha value is -4.52. The molecule has 31 nitrogen and oxygen atoms in total. The summed E-state index contributed by atoms with van der Waals surface area (Å²) in [6.45, 7) is 1.91. The van der Waals surface area contributed by atoms with Gasteiger partial charge in [0.15, 0.2) is 34.9 Å². The highest BCUT2D eigenvalue weighted by atomic mass is 31.3. The maximum Gasteiger partial charge on any atom is 0.482 e. The standard InChI is InChI=1S/C29H47N14O17P3/c1-6-42(22-16(33-2)24(48)39-28(30)37-22)26-20(46)19(45)14(58-26)11-57-63(52,55-5)60-61(50,53-3)15(41-32)9-34-7-8-36-62(51,54-4)56-10-13-18(44)21(47)27(59-13)43-12-35-17-23(43)38-29(31)40-25(17)49/h6,9,12-14,18-21,26-27,32-34,44-47H,1,7-8,10-11H2,2-5H3,(H,36,51)(H3,30,37,39,48)(H3,31,38,40,49)/b15-9+,41-32?/t13-,14-,18?,19?,20?,21?,26-,27-,61?,62?,63?/m1/s1. The molecule has 0 aromatic carbocycles. The van der Waals surface area contributed by atoms with Crippen LogP contribution in [0.1, 0.15) is 6.23 Å². The fourth-order valence-corrected chi connectivity index (χ4v) is 10.2. The number of aromatic amines is 2. The Bertz CT molecular complexity index is 2420. The van der Waals surface area contributed by atoms with Crippen molar-refractivity contribution >= 4 is 57.7 Å². The number of aliphatic hydroxyl groups excluding tert-OH is 4. The van der Waals surface area contributed by atoms with E-state index >= 15 is 0 Å². The molecule has 11 atom stereocenters. The van der Waals surface area contributed by atoms with Gasteiger partial charge in [-0.25, -0.2) is 29.0 Å². The number of nitrogens with zero attached hydrogens (tertiary/aromatic N) is 6. The van der Waals surface area contributed by atoms with Gasteiger partial charge in [-0.1, -0.05) is 6.58 Å². The van der Waals surface area contributed by atoms with Gasteiger partial charge in [-0.2, -0.15) is 9.97 Å². The first-order chi connectivity index (χ1) is 29.8. The number of nitrogen functional groups attached to an aromatic ring is 2. The number of hydrogen-bond donors (Lipinski definition) is 12. The van der Waals surface area contributed by atoms with Crippen molar-refractivity contribution in [3.05, 3.63) is 51.5 Å². The summed E-state index contributed by atoms with van der Waals surface area (Å²) in [5, 5.41) is 53.9. The van der Waals surface area contributed by atoms with E-state index in [2.05, 4.69) is 52.3 Å². The van der Waals surface area contributed by atoms with Gasteiger partial charge in [-0.3, -0.25) is 42.3 Å². The van der Waals surface area contributed by atoms with Crippen molar-refractivity contribution in [3.8, 4) is 0 Å². The zero-order valence-corrected chi connectivity index (χ0v) is 36.3. The molecule has 350 valence electrons. The van der Waals surface area contributed by atoms with Gasteiger partial charge in [0, 0.05) is 53.9 Å². The number of aliphatic hydroxyl groups is 4. The van der Waals surface area contributed by atoms with Crippen LogP contribution < -0.4 is 43.2 Å². The summed E-state index contributed by atoms with van der Waals surface area (Å²) in [5.74, 6) is -0.632. The van der Waals surface area contributed by atoms with Gasteiger partial charge >= 0.3 is 23.2 Å². The first-order valence-electron chi connectivity index (χ1n) is 18.1. The van der Waals surface area contributed by atoms with Crippen molar-refractivity contribution in [2.75, 3.05) is 76.4 Å². The number of nitrogens with one attached hydrogen (secondary N) is 6. The van der Waals surface area contributed by atoms with Crippen molar-refractivity contribution in [3.63, 3.8) is 0 Å². The molecule has 0 amide bonds. The van der Waals surface area contributed by atoms with E-state index in [-0.39, 0.29) is 47.7 Å². The molecule has 34 heteroatoms. The van der Waals surface area contributed by atoms with Crippen LogP contribution >= 0.6 is 23.2 Å². The smallest absolute Gasteiger partial charge is 0.388 e. The third-order valence-electron chi connectivity index (χ3n) is 9.20. The van der Waals surface area contributed by atoms with Gasteiger partial charge in [-0.15, -0.1) is 5.11 Å². The van der Waals surface area contributed by atoms with Crippen molar-refractivity contribution in [2.45, 2.75) is 49.1 Å².